The number of hydrogen-bond acceptors (Lipinski definition) is 7. The van der Waals surface area contributed by atoms with Crippen LogP contribution in [0.2, 0.25) is 5.02 Å². The fourth-order valence-electron chi connectivity index (χ4n) is 4.71. The number of sulfonamides is 1. The lowest BCUT2D eigenvalue weighted by atomic mass is 10.2. The predicted octanol–water partition coefficient (Wildman–Crippen LogP) is 3.20. The van der Waals surface area contributed by atoms with Gasteiger partial charge in [-0.3, -0.25) is 9.78 Å². The summed E-state index contributed by atoms with van der Waals surface area (Å²) in [5, 5.41) is 4.81. The van der Waals surface area contributed by atoms with Gasteiger partial charge in [0.25, 0.3) is 0 Å². The molecule has 1 saturated carbocycles. The average molecular weight is 548 g/mol. The van der Waals surface area contributed by atoms with Gasteiger partial charge in [-0.15, -0.1) is 0 Å². The summed E-state index contributed by atoms with van der Waals surface area (Å²) in [6.45, 7) is 1.20. The molecule has 2 atom stereocenters. The van der Waals surface area contributed by atoms with E-state index in [0.29, 0.717) is 47.9 Å². The van der Waals surface area contributed by atoms with Gasteiger partial charge in [0.05, 0.1) is 17.6 Å². The van der Waals surface area contributed by atoms with E-state index in [9.17, 15) is 17.6 Å². The number of hydrogen-bond donors (Lipinski definition) is 0. The van der Waals surface area contributed by atoms with Gasteiger partial charge in [-0.1, -0.05) is 17.7 Å². The maximum atomic E-state index is 13.9. The highest BCUT2D eigenvalue weighted by Gasteiger charge is 2.32. The predicted molar refractivity (Wildman–Crippen MR) is 139 cm³/mol. The lowest BCUT2D eigenvalue weighted by Crippen LogP contribution is -2.49. The summed E-state index contributed by atoms with van der Waals surface area (Å²) in [5.41, 5.74) is 1.15. The zero-order valence-corrected chi connectivity index (χ0v) is 21.6. The summed E-state index contributed by atoms with van der Waals surface area (Å²) in [6, 6.07) is 10.1. The van der Waals surface area contributed by atoms with Crippen LogP contribution in [0.5, 0.6) is 5.75 Å². The smallest absolute Gasteiger partial charge is 0.316 e. The van der Waals surface area contributed by atoms with Crippen LogP contribution in [0.1, 0.15) is 24.8 Å². The Labute approximate surface area is 219 Å². The Kier molecular flexibility index (Phi) is 7.45. The van der Waals surface area contributed by atoms with Crippen molar-refractivity contribution in [1.29, 1.82) is 0 Å². The molecule has 2 fully saturated rings. The second-order valence-corrected chi connectivity index (χ2v) is 11.6. The summed E-state index contributed by atoms with van der Waals surface area (Å²) in [7, 11) is -3.52. The van der Waals surface area contributed by atoms with Crippen molar-refractivity contribution in [3.8, 4) is 11.4 Å². The van der Waals surface area contributed by atoms with Crippen LogP contribution in [0, 0.1) is 0 Å². The Morgan fingerprint density at radius 1 is 1.08 bits per heavy atom. The van der Waals surface area contributed by atoms with Crippen LogP contribution in [0.25, 0.3) is 5.69 Å². The molecule has 2 aromatic heterocycles. The van der Waals surface area contributed by atoms with Crippen LogP contribution in [0.15, 0.2) is 59.8 Å². The molecule has 1 aliphatic heterocycles. The van der Waals surface area contributed by atoms with Gasteiger partial charge in [-0.25, -0.2) is 12.8 Å². The van der Waals surface area contributed by atoms with Crippen molar-refractivity contribution in [3.63, 3.8) is 0 Å². The van der Waals surface area contributed by atoms with Gasteiger partial charge in [0.2, 0.25) is 15.8 Å². The van der Waals surface area contributed by atoms with Gasteiger partial charge < -0.3 is 9.64 Å². The molecule has 1 saturated heterocycles. The van der Waals surface area contributed by atoms with Crippen molar-refractivity contribution < 1.29 is 17.5 Å². The summed E-state index contributed by atoms with van der Waals surface area (Å²) in [5.74, 6) is -0.0186. The molecular formula is C25H27ClFN5O4S. The third-order valence-corrected chi connectivity index (χ3v) is 8.73. The maximum Gasteiger partial charge on any atom is 0.316 e. The van der Waals surface area contributed by atoms with Crippen LogP contribution in [-0.4, -0.2) is 65.9 Å². The summed E-state index contributed by atoms with van der Waals surface area (Å²) in [4.78, 5) is 19.4. The molecule has 2 aliphatic rings. The highest BCUT2D eigenvalue weighted by molar-refractivity contribution is 7.88. The largest absolute Gasteiger partial charge is 0.483 e. The highest BCUT2D eigenvalue weighted by atomic mass is 35.5. The summed E-state index contributed by atoms with van der Waals surface area (Å²) in [6.07, 6.45) is 4.43. The molecule has 37 heavy (non-hydrogen) atoms. The number of ether oxygens (including phenoxy) is 1. The Balaban J connectivity index is 1.39. The number of benzene rings is 1. The minimum atomic E-state index is -3.52. The molecule has 196 valence electrons. The first-order chi connectivity index (χ1) is 17.8. The minimum absolute atomic E-state index is 0.0853. The molecule has 0 bridgehead atoms. The quantitative estimate of drug-likeness (QED) is 0.448. The van der Waals surface area contributed by atoms with E-state index < -0.39 is 27.9 Å². The molecular weight excluding hydrogens is 521 g/mol. The van der Waals surface area contributed by atoms with Gasteiger partial charge in [0.15, 0.2) is 0 Å². The lowest BCUT2D eigenvalue weighted by Gasteiger charge is -2.36. The Morgan fingerprint density at radius 3 is 2.51 bits per heavy atom. The van der Waals surface area contributed by atoms with Crippen molar-refractivity contribution >= 4 is 27.3 Å². The molecule has 0 radical (unpaired) electrons. The second-order valence-electron chi connectivity index (χ2n) is 9.20. The van der Waals surface area contributed by atoms with Crippen molar-refractivity contribution in [2.24, 2.45) is 0 Å². The zero-order chi connectivity index (χ0) is 26.0. The second kappa shape index (κ2) is 10.8. The monoisotopic (exact) mass is 547 g/mol. The minimum Gasteiger partial charge on any atom is -0.483 e. The van der Waals surface area contributed by atoms with Crippen LogP contribution < -0.4 is 15.2 Å². The maximum absolute atomic E-state index is 13.9. The fraction of sp³-hybridized carbons (Fsp3) is 0.400. The molecule has 1 aliphatic carbocycles. The first kappa shape index (κ1) is 25.6. The third-order valence-electron chi connectivity index (χ3n) is 6.64. The molecule has 2 unspecified atom stereocenters. The number of halogens is 2. The molecule has 3 aromatic rings. The van der Waals surface area contributed by atoms with Crippen molar-refractivity contribution in [1.82, 2.24) is 19.1 Å². The Hall–Kier alpha value is -3.02. The van der Waals surface area contributed by atoms with E-state index in [1.165, 1.54) is 8.99 Å². The van der Waals surface area contributed by atoms with E-state index in [4.69, 9.17) is 16.3 Å². The van der Waals surface area contributed by atoms with Crippen molar-refractivity contribution in [2.45, 2.75) is 37.3 Å². The lowest BCUT2D eigenvalue weighted by molar-refractivity contribution is 0.193. The van der Waals surface area contributed by atoms with Crippen LogP contribution in [0.3, 0.4) is 0 Å². The number of piperazine rings is 1. The summed E-state index contributed by atoms with van der Waals surface area (Å²) >= 11 is 6.11. The van der Waals surface area contributed by atoms with Crippen LogP contribution in [0.4, 0.5) is 10.1 Å². The molecule has 0 N–H and O–H groups in total. The molecule has 0 amide bonds. The average Bonchev–Trinajstić information content (AvgIpc) is 3.30. The SMILES string of the molecule is O=c1c(OC2CCC(F)C2)c(N2CCN(S(=O)(=O)Cc3ccncc3)CC2)cnn1-c1cccc(Cl)c1. The normalized spacial score (nSPS) is 20.8. The number of anilines is 1. The Bertz CT molecular complexity index is 1410. The first-order valence-electron chi connectivity index (χ1n) is 12.1. The van der Waals surface area contributed by atoms with E-state index in [1.54, 1.807) is 55.0 Å². The van der Waals surface area contributed by atoms with E-state index in [2.05, 4.69) is 10.1 Å². The zero-order valence-electron chi connectivity index (χ0n) is 20.0. The van der Waals surface area contributed by atoms with Crippen molar-refractivity contribution in [2.75, 3.05) is 31.1 Å². The van der Waals surface area contributed by atoms with Crippen molar-refractivity contribution in [3.05, 3.63) is 75.9 Å². The molecule has 0 spiro atoms. The van der Waals surface area contributed by atoms with Gasteiger partial charge >= 0.3 is 5.56 Å². The van der Waals surface area contributed by atoms with E-state index in [-0.39, 0.29) is 31.0 Å². The highest BCUT2D eigenvalue weighted by Crippen LogP contribution is 2.31. The van der Waals surface area contributed by atoms with Crippen LogP contribution >= 0.6 is 11.6 Å². The van der Waals surface area contributed by atoms with Gasteiger partial charge in [-0.05, 0) is 48.7 Å². The molecule has 1 aromatic carbocycles. The van der Waals surface area contributed by atoms with E-state index in [0.717, 1.165) is 0 Å². The topological polar surface area (TPSA) is 97.6 Å². The Morgan fingerprint density at radius 2 is 1.84 bits per heavy atom. The van der Waals surface area contributed by atoms with E-state index >= 15 is 0 Å². The number of nitrogens with zero attached hydrogens (tertiary/aromatic N) is 5. The number of pyridine rings is 1. The molecule has 3 heterocycles. The number of rotatable bonds is 7. The standard InChI is InChI=1S/C25H27ClFN5O4S/c26-19-2-1-3-21(14-19)32-25(33)24(36-22-5-4-20(27)15-22)23(16-29-32)30-10-12-31(13-11-30)37(34,35)17-18-6-8-28-9-7-18/h1-3,6-9,14,16,20,22H,4-5,10-13,15,17H2. The molecule has 5 rings (SSSR count). The fourth-order valence-corrected chi connectivity index (χ4v) is 6.41. The molecule has 12 heteroatoms. The summed E-state index contributed by atoms with van der Waals surface area (Å²) < 4.78 is 48.5. The molecule has 9 nitrogen and oxygen atoms in total. The van der Waals surface area contributed by atoms with E-state index in [1.807, 2.05) is 4.90 Å². The van der Waals surface area contributed by atoms with Gasteiger partial charge in [0, 0.05) is 50.0 Å². The van der Waals surface area contributed by atoms with Crippen LogP contribution in [-0.2, 0) is 15.8 Å². The first-order valence-corrected chi connectivity index (χ1v) is 14.1. The van der Waals surface area contributed by atoms with Gasteiger partial charge in [-0.2, -0.15) is 14.1 Å². The number of aromatic nitrogens is 3. The third kappa shape index (κ3) is 5.78. The van der Waals surface area contributed by atoms with Gasteiger partial charge in [0.1, 0.15) is 18.0 Å². The number of alkyl halides is 1.